The summed E-state index contributed by atoms with van der Waals surface area (Å²) >= 11 is 0. The van der Waals surface area contributed by atoms with E-state index in [1.807, 2.05) is 19.1 Å². The number of rotatable bonds is 5. The standard InChI is InChI=1S/C8H12N4O/c1-2-11-7-8(13)12(5-3-9)6-4-10/h11H,2,5-7H2,1H3. The fraction of sp³-hybridized carbons (Fsp3) is 0.625. The third-order valence-electron chi connectivity index (χ3n) is 1.40. The highest BCUT2D eigenvalue weighted by Crippen LogP contribution is 1.86. The number of hydrogen-bond acceptors (Lipinski definition) is 4. The van der Waals surface area contributed by atoms with Crippen molar-refractivity contribution in [1.82, 2.24) is 10.2 Å². The topological polar surface area (TPSA) is 79.9 Å². The second kappa shape index (κ2) is 7.08. The van der Waals surface area contributed by atoms with Crippen LogP contribution in [0.2, 0.25) is 0 Å². The maximum atomic E-state index is 11.2. The Morgan fingerprint density at radius 2 is 1.92 bits per heavy atom. The van der Waals surface area contributed by atoms with Crippen LogP contribution in [-0.4, -0.2) is 37.0 Å². The Kier molecular flexibility index (Phi) is 6.21. The largest absolute Gasteiger partial charge is 0.315 e. The number of nitriles is 2. The molecule has 0 aromatic heterocycles. The molecule has 0 aliphatic carbocycles. The van der Waals surface area contributed by atoms with Crippen LogP contribution in [0.15, 0.2) is 0 Å². The predicted octanol–water partition coefficient (Wildman–Crippen LogP) is -0.528. The number of carbonyl (C=O) groups excluding carboxylic acids is 1. The van der Waals surface area contributed by atoms with Gasteiger partial charge in [-0.2, -0.15) is 10.5 Å². The van der Waals surface area contributed by atoms with Gasteiger partial charge in [-0.1, -0.05) is 6.92 Å². The molecule has 1 N–H and O–H groups in total. The lowest BCUT2D eigenvalue weighted by atomic mass is 10.4. The SMILES string of the molecule is CCNCC(=O)N(CC#N)CC#N. The highest BCUT2D eigenvalue weighted by molar-refractivity contribution is 5.78. The lowest BCUT2D eigenvalue weighted by molar-refractivity contribution is -0.129. The fourth-order valence-electron chi connectivity index (χ4n) is 0.747. The Bertz CT molecular complexity index is 222. The van der Waals surface area contributed by atoms with E-state index in [0.29, 0.717) is 6.54 Å². The summed E-state index contributed by atoms with van der Waals surface area (Å²) in [4.78, 5) is 12.5. The summed E-state index contributed by atoms with van der Waals surface area (Å²) in [5.74, 6) is -0.218. The summed E-state index contributed by atoms with van der Waals surface area (Å²) in [6.45, 7) is 2.69. The minimum Gasteiger partial charge on any atom is -0.315 e. The molecule has 0 rings (SSSR count). The molecule has 0 saturated carbocycles. The van der Waals surface area contributed by atoms with Crippen LogP contribution in [0.1, 0.15) is 6.92 Å². The minimum atomic E-state index is -0.218. The van der Waals surface area contributed by atoms with Crippen molar-refractivity contribution in [1.29, 1.82) is 10.5 Å². The Morgan fingerprint density at radius 1 is 1.38 bits per heavy atom. The lowest BCUT2D eigenvalue weighted by Crippen LogP contribution is -2.38. The maximum Gasteiger partial charge on any atom is 0.238 e. The normalized spacial score (nSPS) is 8.54. The van der Waals surface area contributed by atoms with Gasteiger partial charge in [0, 0.05) is 0 Å². The predicted molar refractivity (Wildman–Crippen MR) is 46.3 cm³/mol. The summed E-state index contributed by atoms with van der Waals surface area (Å²) in [6.07, 6.45) is 0. The molecule has 0 unspecified atom stereocenters. The molecule has 1 amide bonds. The summed E-state index contributed by atoms with van der Waals surface area (Å²) in [7, 11) is 0. The van der Waals surface area contributed by atoms with E-state index in [4.69, 9.17) is 10.5 Å². The minimum absolute atomic E-state index is 0.0300. The molecule has 0 fully saturated rings. The molecule has 5 nitrogen and oxygen atoms in total. The molecule has 5 heteroatoms. The average molecular weight is 180 g/mol. The molecule has 0 spiro atoms. The van der Waals surface area contributed by atoms with Crippen LogP contribution in [0.25, 0.3) is 0 Å². The zero-order valence-electron chi connectivity index (χ0n) is 7.58. The van der Waals surface area contributed by atoms with Gasteiger partial charge < -0.3 is 10.2 Å². The molecule has 13 heavy (non-hydrogen) atoms. The first-order valence-corrected chi connectivity index (χ1v) is 3.98. The van der Waals surface area contributed by atoms with Crippen LogP contribution in [0.4, 0.5) is 0 Å². The molecular weight excluding hydrogens is 168 g/mol. The van der Waals surface area contributed by atoms with Gasteiger partial charge in [0.2, 0.25) is 5.91 Å². The third kappa shape index (κ3) is 4.78. The first-order valence-electron chi connectivity index (χ1n) is 3.98. The zero-order valence-corrected chi connectivity index (χ0v) is 7.58. The molecular formula is C8H12N4O. The van der Waals surface area contributed by atoms with E-state index in [1.54, 1.807) is 0 Å². The van der Waals surface area contributed by atoms with E-state index in [9.17, 15) is 4.79 Å². The summed E-state index contributed by atoms with van der Waals surface area (Å²) in [6, 6.07) is 3.67. The molecule has 0 aliphatic rings. The van der Waals surface area contributed by atoms with Gasteiger partial charge in [-0.25, -0.2) is 0 Å². The fourth-order valence-corrected chi connectivity index (χ4v) is 0.747. The van der Waals surface area contributed by atoms with E-state index < -0.39 is 0 Å². The van der Waals surface area contributed by atoms with Crippen molar-refractivity contribution in [2.75, 3.05) is 26.2 Å². The van der Waals surface area contributed by atoms with Gasteiger partial charge in [0.25, 0.3) is 0 Å². The highest BCUT2D eigenvalue weighted by atomic mass is 16.2. The zero-order chi connectivity index (χ0) is 10.1. The van der Waals surface area contributed by atoms with Crippen molar-refractivity contribution in [3.05, 3.63) is 0 Å². The van der Waals surface area contributed by atoms with Gasteiger partial charge in [-0.3, -0.25) is 4.79 Å². The van der Waals surface area contributed by atoms with Gasteiger partial charge in [0.05, 0.1) is 18.7 Å². The van der Waals surface area contributed by atoms with Crippen molar-refractivity contribution in [2.24, 2.45) is 0 Å². The lowest BCUT2D eigenvalue weighted by Gasteiger charge is -2.15. The number of nitrogens with one attached hydrogen (secondary N) is 1. The molecule has 0 heterocycles. The molecule has 0 aliphatic heterocycles. The van der Waals surface area contributed by atoms with Crippen molar-refractivity contribution in [2.45, 2.75) is 6.92 Å². The molecule has 0 atom stereocenters. The van der Waals surface area contributed by atoms with Crippen molar-refractivity contribution >= 4 is 5.91 Å². The van der Waals surface area contributed by atoms with Crippen LogP contribution in [-0.2, 0) is 4.79 Å². The number of nitrogens with zero attached hydrogens (tertiary/aromatic N) is 3. The molecule has 70 valence electrons. The average Bonchev–Trinajstić information content (AvgIpc) is 2.14. The van der Waals surface area contributed by atoms with E-state index >= 15 is 0 Å². The van der Waals surface area contributed by atoms with Gasteiger partial charge in [-0.05, 0) is 6.54 Å². The molecule has 0 saturated heterocycles. The van der Waals surface area contributed by atoms with Crippen molar-refractivity contribution < 1.29 is 4.79 Å². The highest BCUT2D eigenvalue weighted by Gasteiger charge is 2.10. The maximum absolute atomic E-state index is 11.2. The van der Waals surface area contributed by atoms with E-state index in [1.165, 1.54) is 4.90 Å². The van der Waals surface area contributed by atoms with Crippen LogP contribution in [0, 0.1) is 22.7 Å². The second-order valence-corrected chi connectivity index (χ2v) is 2.35. The Labute approximate surface area is 77.6 Å². The van der Waals surface area contributed by atoms with Crippen LogP contribution >= 0.6 is 0 Å². The summed E-state index contributed by atoms with van der Waals surface area (Å²) in [5.41, 5.74) is 0. The Hall–Kier alpha value is -1.59. The molecule has 0 aromatic rings. The van der Waals surface area contributed by atoms with Crippen molar-refractivity contribution in [3.63, 3.8) is 0 Å². The third-order valence-corrected chi connectivity index (χ3v) is 1.40. The van der Waals surface area contributed by atoms with Gasteiger partial charge >= 0.3 is 0 Å². The van der Waals surface area contributed by atoms with E-state index in [-0.39, 0.29) is 25.5 Å². The Morgan fingerprint density at radius 3 is 2.31 bits per heavy atom. The number of carbonyl (C=O) groups is 1. The molecule has 0 radical (unpaired) electrons. The molecule has 0 bridgehead atoms. The monoisotopic (exact) mass is 180 g/mol. The van der Waals surface area contributed by atoms with Gasteiger partial charge in [0.15, 0.2) is 0 Å². The quantitative estimate of drug-likeness (QED) is 0.577. The van der Waals surface area contributed by atoms with Crippen LogP contribution < -0.4 is 5.32 Å². The van der Waals surface area contributed by atoms with Gasteiger partial charge in [0.1, 0.15) is 13.1 Å². The number of likely N-dealkylation sites (N-methyl/N-ethyl adjacent to an activating group) is 1. The van der Waals surface area contributed by atoms with Crippen molar-refractivity contribution in [3.8, 4) is 12.1 Å². The van der Waals surface area contributed by atoms with E-state index in [2.05, 4.69) is 5.32 Å². The smallest absolute Gasteiger partial charge is 0.238 e. The van der Waals surface area contributed by atoms with E-state index in [0.717, 1.165) is 0 Å². The molecule has 0 aromatic carbocycles. The number of hydrogen-bond donors (Lipinski definition) is 1. The van der Waals surface area contributed by atoms with Gasteiger partial charge in [-0.15, -0.1) is 0 Å². The Balaban J connectivity index is 3.98. The summed E-state index contributed by atoms with van der Waals surface area (Å²) < 4.78 is 0. The van der Waals surface area contributed by atoms with Crippen LogP contribution in [0.3, 0.4) is 0 Å². The first-order chi connectivity index (χ1) is 6.26. The first kappa shape index (κ1) is 11.4. The second-order valence-electron chi connectivity index (χ2n) is 2.35. The van der Waals surface area contributed by atoms with Crippen LogP contribution in [0.5, 0.6) is 0 Å². The summed E-state index contributed by atoms with van der Waals surface area (Å²) in [5, 5.41) is 19.6. The number of amides is 1.